The van der Waals surface area contributed by atoms with Gasteiger partial charge < -0.3 is 14.4 Å². The lowest BCUT2D eigenvalue weighted by atomic mass is 10.1. The average molecular weight is 425 g/mol. The van der Waals surface area contributed by atoms with E-state index in [1.807, 2.05) is 13.0 Å². The number of hydrogen-bond donors (Lipinski definition) is 1. The highest BCUT2D eigenvalue weighted by Crippen LogP contribution is 2.31. The third-order valence-electron chi connectivity index (χ3n) is 4.63. The summed E-state index contributed by atoms with van der Waals surface area (Å²) in [7, 11) is -3.78. The normalized spacial score (nSPS) is 11.6. The first-order valence-electron chi connectivity index (χ1n) is 9.22. The van der Waals surface area contributed by atoms with E-state index in [9.17, 15) is 13.2 Å². The molecule has 0 aliphatic carbocycles. The molecule has 0 aliphatic heterocycles. The van der Waals surface area contributed by atoms with Crippen LogP contribution in [0.15, 0.2) is 72.1 Å². The molecule has 0 atom stereocenters. The van der Waals surface area contributed by atoms with Gasteiger partial charge in [-0.2, -0.15) is 0 Å². The summed E-state index contributed by atoms with van der Waals surface area (Å²) in [5, 5.41) is 9.90. The summed E-state index contributed by atoms with van der Waals surface area (Å²) in [5.41, 5.74) is 1.88. The lowest BCUT2D eigenvalue weighted by Gasteiger charge is -2.07. The van der Waals surface area contributed by atoms with Crippen LogP contribution >= 0.6 is 0 Å². The number of carboxylic acid groups (broad SMARTS) is 1. The van der Waals surface area contributed by atoms with Crippen LogP contribution in [0.1, 0.15) is 6.92 Å². The van der Waals surface area contributed by atoms with Crippen LogP contribution in [-0.2, 0) is 21.4 Å². The molecule has 1 N–H and O–H groups in total. The Bertz CT molecular complexity index is 1320. The third kappa shape index (κ3) is 3.55. The smallest absolute Gasteiger partial charge is 0.323 e. The van der Waals surface area contributed by atoms with Crippen molar-refractivity contribution in [1.82, 2.24) is 13.5 Å². The molecule has 1 aromatic carbocycles. The summed E-state index contributed by atoms with van der Waals surface area (Å²) >= 11 is 0. The molecule has 8 nitrogen and oxygen atoms in total. The van der Waals surface area contributed by atoms with Crippen LogP contribution in [0.25, 0.3) is 22.2 Å². The molecule has 0 unspecified atom stereocenters. The molecule has 3 aromatic heterocycles. The number of carboxylic acids is 1. The maximum absolute atomic E-state index is 13.0. The van der Waals surface area contributed by atoms with Crippen molar-refractivity contribution in [2.45, 2.75) is 18.4 Å². The van der Waals surface area contributed by atoms with E-state index < -0.39 is 16.0 Å². The lowest BCUT2D eigenvalue weighted by Crippen LogP contribution is -2.10. The predicted octanol–water partition coefficient (Wildman–Crippen LogP) is 3.23. The maximum Gasteiger partial charge on any atom is 0.323 e. The van der Waals surface area contributed by atoms with Gasteiger partial charge in [0.2, 0.25) is 0 Å². The van der Waals surface area contributed by atoms with Crippen molar-refractivity contribution < 1.29 is 23.1 Å². The van der Waals surface area contributed by atoms with Crippen LogP contribution in [-0.4, -0.2) is 39.6 Å². The minimum absolute atomic E-state index is 0.142. The van der Waals surface area contributed by atoms with E-state index in [2.05, 4.69) is 4.98 Å². The second-order valence-corrected chi connectivity index (χ2v) is 8.42. The lowest BCUT2D eigenvalue weighted by molar-refractivity contribution is -0.137. The predicted molar refractivity (Wildman–Crippen MR) is 111 cm³/mol. The Kier molecular flexibility index (Phi) is 5.04. The van der Waals surface area contributed by atoms with Crippen molar-refractivity contribution in [3.8, 4) is 16.9 Å². The Morgan fingerprint density at radius 3 is 2.60 bits per heavy atom. The van der Waals surface area contributed by atoms with Gasteiger partial charge in [0.15, 0.2) is 0 Å². The molecule has 0 bridgehead atoms. The minimum Gasteiger partial charge on any atom is -0.494 e. The molecule has 4 aromatic rings. The van der Waals surface area contributed by atoms with E-state index in [1.54, 1.807) is 36.7 Å². The van der Waals surface area contributed by atoms with Crippen LogP contribution in [0.3, 0.4) is 0 Å². The largest absolute Gasteiger partial charge is 0.494 e. The number of aromatic nitrogens is 3. The van der Waals surface area contributed by atoms with E-state index in [0.29, 0.717) is 29.1 Å². The van der Waals surface area contributed by atoms with Gasteiger partial charge in [-0.3, -0.25) is 4.79 Å². The van der Waals surface area contributed by atoms with E-state index in [0.717, 1.165) is 9.36 Å². The fraction of sp³-hybridized carbons (Fsp3) is 0.143. The van der Waals surface area contributed by atoms with Crippen molar-refractivity contribution in [2.75, 3.05) is 6.61 Å². The molecule has 0 amide bonds. The topological polar surface area (TPSA) is 103 Å². The summed E-state index contributed by atoms with van der Waals surface area (Å²) < 4.78 is 34.0. The van der Waals surface area contributed by atoms with Gasteiger partial charge in [0.1, 0.15) is 17.9 Å². The number of fused-ring (bicyclic) bond motifs is 1. The van der Waals surface area contributed by atoms with Gasteiger partial charge in [0, 0.05) is 41.3 Å². The highest BCUT2D eigenvalue weighted by Gasteiger charge is 2.19. The molecule has 0 spiro atoms. The Balaban J connectivity index is 1.73. The molecule has 0 aliphatic rings. The van der Waals surface area contributed by atoms with Gasteiger partial charge in [0.05, 0.1) is 11.5 Å². The summed E-state index contributed by atoms with van der Waals surface area (Å²) in [6.45, 7) is 2.12. The van der Waals surface area contributed by atoms with E-state index >= 15 is 0 Å². The van der Waals surface area contributed by atoms with Crippen LogP contribution in [0, 0.1) is 0 Å². The molecular formula is C21H19N3O5S. The van der Waals surface area contributed by atoms with Gasteiger partial charge in [-0.25, -0.2) is 17.4 Å². The number of rotatable bonds is 7. The number of hydrogen-bond acceptors (Lipinski definition) is 5. The first kappa shape index (κ1) is 19.7. The molecule has 4 rings (SSSR count). The highest BCUT2D eigenvalue weighted by molar-refractivity contribution is 7.90. The molecule has 0 saturated carbocycles. The Morgan fingerprint density at radius 1 is 1.13 bits per heavy atom. The van der Waals surface area contributed by atoms with Gasteiger partial charge in [-0.15, -0.1) is 0 Å². The zero-order chi connectivity index (χ0) is 21.3. The number of nitrogens with zero attached hydrogens (tertiary/aromatic N) is 3. The van der Waals surface area contributed by atoms with Crippen LogP contribution < -0.4 is 4.74 Å². The maximum atomic E-state index is 13.0. The van der Waals surface area contributed by atoms with E-state index in [1.165, 1.54) is 29.1 Å². The SMILES string of the molecule is CCOc1ccc(S(=O)(=O)n2ccc(-c3cn(CC(=O)O)c4ncccc34)c2)cc1. The molecule has 3 heterocycles. The van der Waals surface area contributed by atoms with Crippen molar-refractivity contribution in [2.24, 2.45) is 0 Å². The molecule has 9 heteroatoms. The van der Waals surface area contributed by atoms with Crippen LogP contribution in [0.5, 0.6) is 5.75 Å². The van der Waals surface area contributed by atoms with Crippen LogP contribution in [0.2, 0.25) is 0 Å². The molecular weight excluding hydrogens is 406 g/mol. The zero-order valence-corrected chi connectivity index (χ0v) is 16.9. The molecule has 30 heavy (non-hydrogen) atoms. The Hall–Kier alpha value is -3.59. The van der Waals surface area contributed by atoms with E-state index in [4.69, 9.17) is 9.84 Å². The molecule has 0 radical (unpaired) electrons. The van der Waals surface area contributed by atoms with E-state index in [-0.39, 0.29) is 11.4 Å². The first-order valence-corrected chi connectivity index (χ1v) is 10.7. The first-order chi connectivity index (χ1) is 14.4. The average Bonchev–Trinajstić information content (AvgIpc) is 3.34. The van der Waals surface area contributed by atoms with Crippen LogP contribution in [0.4, 0.5) is 0 Å². The standard InChI is InChI=1S/C21H19N3O5S/c1-2-29-16-5-7-17(8-6-16)30(27,28)24-11-9-15(12-24)19-13-23(14-20(25)26)21-18(19)4-3-10-22-21/h3-13H,2,14H2,1H3,(H,25,26). The molecule has 0 saturated heterocycles. The molecule has 0 fully saturated rings. The minimum atomic E-state index is -3.78. The van der Waals surface area contributed by atoms with Gasteiger partial charge >= 0.3 is 5.97 Å². The number of carbonyl (C=O) groups is 1. The van der Waals surface area contributed by atoms with Gasteiger partial charge in [0.25, 0.3) is 10.0 Å². The monoisotopic (exact) mass is 425 g/mol. The van der Waals surface area contributed by atoms with Crippen molar-refractivity contribution in [3.63, 3.8) is 0 Å². The zero-order valence-electron chi connectivity index (χ0n) is 16.1. The fourth-order valence-corrected chi connectivity index (χ4v) is 4.50. The summed E-state index contributed by atoms with van der Waals surface area (Å²) in [6.07, 6.45) is 6.25. The fourth-order valence-electron chi connectivity index (χ4n) is 3.30. The van der Waals surface area contributed by atoms with Gasteiger partial charge in [-0.05, 0) is 49.4 Å². The summed E-state index contributed by atoms with van der Waals surface area (Å²) in [6, 6.07) is 11.5. The third-order valence-corrected chi connectivity index (χ3v) is 6.28. The number of ether oxygens (including phenoxy) is 1. The summed E-state index contributed by atoms with van der Waals surface area (Å²) in [4.78, 5) is 15.6. The van der Waals surface area contributed by atoms with Crippen molar-refractivity contribution in [1.29, 1.82) is 0 Å². The molecule has 154 valence electrons. The highest BCUT2D eigenvalue weighted by atomic mass is 32.2. The second kappa shape index (κ2) is 7.68. The Labute approximate surface area is 173 Å². The second-order valence-electron chi connectivity index (χ2n) is 6.58. The van der Waals surface area contributed by atoms with Gasteiger partial charge in [-0.1, -0.05) is 0 Å². The number of pyridine rings is 1. The quantitative estimate of drug-likeness (QED) is 0.488. The van der Waals surface area contributed by atoms with Crippen molar-refractivity contribution in [3.05, 3.63) is 67.3 Å². The summed E-state index contributed by atoms with van der Waals surface area (Å²) in [5.74, 6) is -0.386. The number of aliphatic carboxylic acids is 1. The van der Waals surface area contributed by atoms with Crippen molar-refractivity contribution >= 4 is 27.0 Å². The Morgan fingerprint density at radius 2 is 1.90 bits per heavy atom. The number of benzene rings is 1.